The number of hydrogen-bond donors (Lipinski definition) is 8. The van der Waals surface area contributed by atoms with E-state index in [9.17, 15) is 35.7 Å². The van der Waals surface area contributed by atoms with Gasteiger partial charge in [-0.3, -0.25) is 0 Å². The Kier molecular flexibility index (Phi) is 10.3. The number of ether oxygens (including phenoxy) is 3. The number of hydrogen-bond acceptors (Lipinski definition) is 11. The van der Waals surface area contributed by atoms with Crippen molar-refractivity contribution >= 4 is 0 Å². The minimum absolute atomic E-state index is 0.00524. The van der Waals surface area contributed by atoms with Crippen LogP contribution in [-0.2, 0) is 14.2 Å². The van der Waals surface area contributed by atoms with Crippen molar-refractivity contribution in [3.63, 3.8) is 0 Å². The fourth-order valence-electron chi connectivity index (χ4n) is 3.82. The van der Waals surface area contributed by atoms with Crippen LogP contribution < -0.4 is 5.32 Å². The summed E-state index contributed by atoms with van der Waals surface area (Å²) in [6.45, 7) is 3.67. The van der Waals surface area contributed by atoms with Gasteiger partial charge < -0.3 is 55.3 Å². The van der Waals surface area contributed by atoms with E-state index in [1.807, 2.05) is 6.92 Å². The Bertz CT molecular complexity index is 496. The van der Waals surface area contributed by atoms with Gasteiger partial charge in [0, 0.05) is 6.04 Å². The van der Waals surface area contributed by atoms with Gasteiger partial charge in [-0.25, -0.2) is 0 Å². The second-order valence-electron chi connectivity index (χ2n) is 8.12. The molecular formula is C19H37NO10. The van der Waals surface area contributed by atoms with Crippen LogP contribution >= 0.6 is 0 Å². The van der Waals surface area contributed by atoms with E-state index in [0.29, 0.717) is 6.42 Å². The van der Waals surface area contributed by atoms with Crippen LogP contribution in [0.25, 0.3) is 0 Å². The van der Waals surface area contributed by atoms with Gasteiger partial charge in [0.15, 0.2) is 6.29 Å². The van der Waals surface area contributed by atoms with Crippen LogP contribution in [0.4, 0.5) is 0 Å². The smallest absolute Gasteiger partial charge is 0.187 e. The number of rotatable bonds is 10. The summed E-state index contributed by atoms with van der Waals surface area (Å²) in [6.07, 6.45) is -11.0. The van der Waals surface area contributed by atoms with E-state index >= 15 is 0 Å². The first-order chi connectivity index (χ1) is 14.2. The summed E-state index contributed by atoms with van der Waals surface area (Å²) in [6, 6.07) is 0.00524. The minimum atomic E-state index is -1.67. The first-order valence-corrected chi connectivity index (χ1v) is 10.6. The number of nitrogens with one attached hydrogen (secondary N) is 1. The van der Waals surface area contributed by atoms with Crippen molar-refractivity contribution in [3.05, 3.63) is 0 Å². The summed E-state index contributed by atoms with van der Waals surface area (Å²) in [7, 11) is 0. The van der Waals surface area contributed by atoms with Gasteiger partial charge in [-0.15, -0.1) is 0 Å². The van der Waals surface area contributed by atoms with Crippen molar-refractivity contribution in [2.45, 2.75) is 100 Å². The van der Waals surface area contributed by atoms with Gasteiger partial charge in [0.2, 0.25) is 0 Å². The van der Waals surface area contributed by atoms with Gasteiger partial charge >= 0.3 is 0 Å². The van der Waals surface area contributed by atoms with Crippen LogP contribution in [0.15, 0.2) is 0 Å². The van der Waals surface area contributed by atoms with Crippen LogP contribution in [0, 0.1) is 0 Å². The molecule has 2 rings (SSSR count). The summed E-state index contributed by atoms with van der Waals surface area (Å²) >= 11 is 0. The van der Waals surface area contributed by atoms with Crippen LogP contribution in [0.3, 0.4) is 0 Å². The zero-order chi connectivity index (χ0) is 22.4. The summed E-state index contributed by atoms with van der Waals surface area (Å²) in [5.41, 5.74) is 0. The molecule has 0 amide bonds. The van der Waals surface area contributed by atoms with E-state index in [-0.39, 0.29) is 6.04 Å². The molecule has 2 unspecified atom stereocenters. The molecule has 2 fully saturated rings. The van der Waals surface area contributed by atoms with E-state index in [4.69, 9.17) is 14.2 Å². The minimum Gasteiger partial charge on any atom is -0.394 e. The predicted molar refractivity (Wildman–Crippen MR) is 103 cm³/mol. The molecular weight excluding hydrogens is 402 g/mol. The molecule has 2 saturated heterocycles. The molecule has 178 valence electrons. The Hall–Kier alpha value is -0.440. The predicted octanol–water partition coefficient (Wildman–Crippen LogP) is -3.18. The van der Waals surface area contributed by atoms with Crippen molar-refractivity contribution in [1.29, 1.82) is 0 Å². The van der Waals surface area contributed by atoms with Crippen molar-refractivity contribution < 1.29 is 50.0 Å². The maximum Gasteiger partial charge on any atom is 0.187 e. The molecule has 0 aromatic heterocycles. The third-order valence-corrected chi connectivity index (χ3v) is 5.71. The summed E-state index contributed by atoms with van der Waals surface area (Å²) in [5, 5.41) is 73.4. The van der Waals surface area contributed by atoms with E-state index < -0.39 is 74.4 Å². The normalized spacial score (nSPS) is 43.5. The molecule has 11 atom stereocenters. The second-order valence-corrected chi connectivity index (χ2v) is 8.12. The second kappa shape index (κ2) is 12.0. The molecule has 2 heterocycles. The maximum absolute atomic E-state index is 10.6. The molecule has 0 spiro atoms. The summed E-state index contributed by atoms with van der Waals surface area (Å²) in [5.74, 6) is 0. The van der Waals surface area contributed by atoms with Gasteiger partial charge in [0.1, 0.15) is 48.8 Å². The lowest BCUT2D eigenvalue weighted by atomic mass is 9.91. The highest BCUT2D eigenvalue weighted by molar-refractivity contribution is 4.96. The van der Waals surface area contributed by atoms with Crippen molar-refractivity contribution in [3.8, 4) is 0 Å². The highest BCUT2D eigenvalue weighted by Gasteiger charge is 2.50. The Balaban J connectivity index is 2.02. The largest absolute Gasteiger partial charge is 0.394 e. The molecule has 8 N–H and O–H groups in total. The maximum atomic E-state index is 10.6. The zero-order valence-electron chi connectivity index (χ0n) is 17.4. The SMILES string of the molecule is CCCCNC(C)C[C@@H]1O[C@H](CO)[C@@H](OC2O[C@H](CO)[C@H](O)[C@H](O)[C@H]2O)[C@H](O)[C@H]1O. The van der Waals surface area contributed by atoms with Gasteiger partial charge in [-0.05, 0) is 26.3 Å². The third-order valence-electron chi connectivity index (χ3n) is 5.71. The van der Waals surface area contributed by atoms with Crippen LogP contribution in [0.2, 0.25) is 0 Å². The van der Waals surface area contributed by atoms with Gasteiger partial charge in [-0.2, -0.15) is 0 Å². The molecule has 0 aromatic rings. The lowest BCUT2D eigenvalue weighted by Gasteiger charge is -2.46. The fourth-order valence-corrected chi connectivity index (χ4v) is 3.82. The number of aliphatic hydroxyl groups excluding tert-OH is 7. The van der Waals surface area contributed by atoms with Crippen LogP contribution in [0.5, 0.6) is 0 Å². The van der Waals surface area contributed by atoms with Gasteiger partial charge in [0.25, 0.3) is 0 Å². The van der Waals surface area contributed by atoms with E-state index in [1.165, 1.54) is 0 Å². The van der Waals surface area contributed by atoms with Gasteiger partial charge in [0.05, 0.1) is 19.3 Å². The average molecular weight is 440 g/mol. The molecule has 0 radical (unpaired) electrons. The average Bonchev–Trinajstić information content (AvgIpc) is 2.73. The van der Waals surface area contributed by atoms with E-state index in [0.717, 1.165) is 19.4 Å². The third kappa shape index (κ3) is 6.08. The number of unbranched alkanes of at least 4 members (excludes halogenated alkanes) is 1. The molecule has 2 aliphatic rings. The monoisotopic (exact) mass is 439 g/mol. The first kappa shape index (κ1) is 25.8. The van der Waals surface area contributed by atoms with Crippen LogP contribution in [0.1, 0.15) is 33.1 Å². The first-order valence-electron chi connectivity index (χ1n) is 10.6. The Labute approximate surface area is 176 Å². The zero-order valence-corrected chi connectivity index (χ0v) is 17.4. The number of aliphatic hydroxyl groups is 7. The molecule has 2 aliphatic heterocycles. The highest BCUT2D eigenvalue weighted by atomic mass is 16.7. The van der Waals surface area contributed by atoms with Crippen molar-refractivity contribution in [2.24, 2.45) is 0 Å². The molecule has 30 heavy (non-hydrogen) atoms. The molecule has 11 heteroatoms. The fraction of sp³-hybridized carbons (Fsp3) is 1.00. The topological polar surface area (TPSA) is 181 Å². The van der Waals surface area contributed by atoms with E-state index in [2.05, 4.69) is 12.2 Å². The highest BCUT2D eigenvalue weighted by Crippen LogP contribution is 2.30. The summed E-state index contributed by atoms with van der Waals surface area (Å²) in [4.78, 5) is 0. The molecule has 0 saturated carbocycles. The van der Waals surface area contributed by atoms with Gasteiger partial charge in [-0.1, -0.05) is 13.3 Å². The van der Waals surface area contributed by atoms with Crippen molar-refractivity contribution in [1.82, 2.24) is 5.32 Å². The lowest BCUT2D eigenvalue weighted by molar-refractivity contribution is -0.342. The lowest BCUT2D eigenvalue weighted by Crippen LogP contribution is -2.64. The summed E-state index contributed by atoms with van der Waals surface area (Å²) < 4.78 is 16.6. The quantitative estimate of drug-likeness (QED) is 0.161. The van der Waals surface area contributed by atoms with E-state index in [1.54, 1.807) is 0 Å². The van der Waals surface area contributed by atoms with Crippen molar-refractivity contribution in [2.75, 3.05) is 19.8 Å². The Morgan fingerprint density at radius 1 is 0.833 bits per heavy atom. The van der Waals surface area contributed by atoms with Crippen LogP contribution in [-0.4, -0.2) is 123 Å². The molecule has 0 aliphatic carbocycles. The molecule has 0 aromatic carbocycles. The standard InChI is InChI=1S/C19H37NO10/c1-3-4-5-20-9(2)6-10-13(23)16(26)18(12(8-22)28-10)30-19-17(27)15(25)14(24)11(7-21)29-19/h9-27H,3-8H2,1-2H3/t9?,10-,11+,12+,13-,14-,15-,16+,17+,18+,19?/m0/s1. The molecule has 0 bridgehead atoms. The Morgan fingerprint density at radius 3 is 2.07 bits per heavy atom. The Morgan fingerprint density at radius 2 is 1.47 bits per heavy atom. The molecule has 11 nitrogen and oxygen atoms in total.